The first-order chi connectivity index (χ1) is 10.2. The van der Waals surface area contributed by atoms with Gasteiger partial charge in [-0.1, -0.05) is 27.2 Å². The minimum absolute atomic E-state index is 0.378. The Morgan fingerprint density at radius 2 is 2.14 bits per heavy atom. The Hall–Kier alpha value is -1.16. The molecule has 1 N–H and O–H groups in total. The molecule has 4 nitrogen and oxygen atoms in total. The number of rotatable bonds is 5. The molecule has 4 heteroatoms. The van der Waals surface area contributed by atoms with E-state index < -0.39 is 0 Å². The molecule has 1 fully saturated rings. The molecule has 0 amide bonds. The van der Waals surface area contributed by atoms with Crippen LogP contribution < -0.4 is 10.2 Å². The van der Waals surface area contributed by atoms with E-state index in [4.69, 9.17) is 4.98 Å². The Bertz CT molecular complexity index is 444. The van der Waals surface area contributed by atoms with Crippen molar-refractivity contribution in [3.05, 3.63) is 17.7 Å². The summed E-state index contributed by atoms with van der Waals surface area (Å²) in [7, 11) is 1.98. The van der Waals surface area contributed by atoms with Crippen LogP contribution in [0.25, 0.3) is 0 Å². The molecule has 0 saturated carbocycles. The summed E-state index contributed by atoms with van der Waals surface area (Å²) in [5, 5.41) is 3.25. The third-order valence-corrected chi connectivity index (χ3v) is 4.49. The molecule has 0 aromatic carbocycles. The van der Waals surface area contributed by atoms with E-state index in [1.165, 1.54) is 31.4 Å². The van der Waals surface area contributed by atoms with Gasteiger partial charge in [-0.2, -0.15) is 0 Å². The van der Waals surface area contributed by atoms with Crippen LogP contribution in [0.2, 0.25) is 0 Å². The van der Waals surface area contributed by atoms with Crippen LogP contribution in [0.4, 0.5) is 5.69 Å². The molecule has 21 heavy (non-hydrogen) atoms. The molecule has 1 aliphatic heterocycles. The van der Waals surface area contributed by atoms with Crippen molar-refractivity contribution >= 4 is 5.69 Å². The van der Waals surface area contributed by atoms with Gasteiger partial charge in [0.1, 0.15) is 5.82 Å². The van der Waals surface area contributed by atoms with Crippen LogP contribution in [0.15, 0.2) is 6.20 Å². The number of hydrogen-bond donors (Lipinski definition) is 1. The lowest BCUT2D eigenvalue weighted by molar-refractivity contribution is 0.459. The SMILES string of the molecule is CCC1CCCN(c2cnc(C(C)C)nc2CNC)CC1. The smallest absolute Gasteiger partial charge is 0.131 e. The Labute approximate surface area is 129 Å². The maximum absolute atomic E-state index is 4.79. The zero-order valence-electron chi connectivity index (χ0n) is 14.0. The van der Waals surface area contributed by atoms with Crippen molar-refractivity contribution in [3.8, 4) is 0 Å². The molecule has 1 aromatic rings. The average Bonchev–Trinajstić information content (AvgIpc) is 2.72. The Morgan fingerprint density at radius 1 is 1.33 bits per heavy atom. The summed E-state index contributed by atoms with van der Waals surface area (Å²) in [4.78, 5) is 11.9. The predicted molar refractivity (Wildman–Crippen MR) is 88.7 cm³/mol. The zero-order valence-corrected chi connectivity index (χ0v) is 14.0. The maximum Gasteiger partial charge on any atom is 0.131 e. The normalized spacial score (nSPS) is 19.9. The quantitative estimate of drug-likeness (QED) is 0.903. The van der Waals surface area contributed by atoms with Crippen molar-refractivity contribution in [2.75, 3.05) is 25.0 Å². The third kappa shape index (κ3) is 4.16. The van der Waals surface area contributed by atoms with Gasteiger partial charge in [0.05, 0.1) is 17.6 Å². The fraction of sp³-hybridized carbons (Fsp3) is 0.765. The van der Waals surface area contributed by atoms with Crippen molar-refractivity contribution in [3.63, 3.8) is 0 Å². The van der Waals surface area contributed by atoms with E-state index >= 15 is 0 Å². The topological polar surface area (TPSA) is 41.1 Å². The van der Waals surface area contributed by atoms with Crippen LogP contribution in [0.1, 0.15) is 63.9 Å². The molecule has 0 bridgehead atoms. The lowest BCUT2D eigenvalue weighted by Gasteiger charge is -2.25. The van der Waals surface area contributed by atoms with E-state index in [9.17, 15) is 0 Å². The third-order valence-electron chi connectivity index (χ3n) is 4.49. The standard InChI is InChI=1S/C17H30N4/c1-5-14-7-6-9-21(10-8-14)16-12-19-17(13(2)3)20-15(16)11-18-4/h12-14,18H,5-11H2,1-4H3. The fourth-order valence-corrected chi connectivity index (χ4v) is 3.08. The van der Waals surface area contributed by atoms with E-state index in [0.29, 0.717) is 5.92 Å². The summed E-state index contributed by atoms with van der Waals surface area (Å²) < 4.78 is 0. The summed E-state index contributed by atoms with van der Waals surface area (Å²) in [5.74, 6) is 2.21. The molecule has 2 heterocycles. The summed E-state index contributed by atoms with van der Waals surface area (Å²) in [5.41, 5.74) is 2.37. The first-order valence-electron chi connectivity index (χ1n) is 8.41. The van der Waals surface area contributed by atoms with Crippen molar-refractivity contribution in [1.82, 2.24) is 15.3 Å². The molecule has 1 unspecified atom stereocenters. The van der Waals surface area contributed by atoms with Gasteiger partial charge in [0.2, 0.25) is 0 Å². The highest BCUT2D eigenvalue weighted by molar-refractivity contribution is 5.49. The molecule has 1 atom stereocenters. The highest BCUT2D eigenvalue weighted by Gasteiger charge is 2.19. The van der Waals surface area contributed by atoms with Gasteiger partial charge in [0, 0.05) is 25.6 Å². The van der Waals surface area contributed by atoms with Crippen LogP contribution in [-0.4, -0.2) is 30.1 Å². The Morgan fingerprint density at radius 3 is 2.81 bits per heavy atom. The number of nitrogens with one attached hydrogen (secondary N) is 1. The van der Waals surface area contributed by atoms with Crippen molar-refractivity contribution in [2.24, 2.45) is 5.92 Å². The lowest BCUT2D eigenvalue weighted by Crippen LogP contribution is -2.27. The minimum Gasteiger partial charge on any atom is -0.369 e. The van der Waals surface area contributed by atoms with E-state index in [2.05, 4.69) is 36.0 Å². The van der Waals surface area contributed by atoms with Gasteiger partial charge in [-0.15, -0.1) is 0 Å². The summed E-state index contributed by atoms with van der Waals surface area (Å²) in [6, 6.07) is 0. The molecule has 1 saturated heterocycles. The van der Waals surface area contributed by atoms with E-state index in [-0.39, 0.29) is 0 Å². The first-order valence-corrected chi connectivity index (χ1v) is 8.41. The summed E-state index contributed by atoms with van der Waals surface area (Å²) >= 11 is 0. The van der Waals surface area contributed by atoms with E-state index in [1.54, 1.807) is 0 Å². The largest absolute Gasteiger partial charge is 0.369 e. The molecular formula is C17H30N4. The Balaban J connectivity index is 2.21. The second-order valence-electron chi connectivity index (χ2n) is 6.44. The highest BCUT2D eigenvalue weighted by atomic mass is 15.2. The fourth-order valence-electron chi connectivity index (χ4n) is 3.08. The predicted octanol–water partition coefficient (Wildman–Crippen LogP) is 3.34. The van der Waals surface area contributed by atoms with Gasteiger partial charge in [-0.25, -0.2) is 9.97 Å². The molecule has 0 spiro atoms. The molecule has 1 aromatic heterocycles. The summed E-state index contributed by atoms with van der Waals surface area (Å²) in [6.07, 6.45) is 7.28. The number of aromatic nitrogens is 2. The zero-order chi connectivity index (χ0) is 15.2. The maximum atomic E-state index is 4.79. The molecule has 1 aliphatic rings. The minimum atomic E-state index is 0.378. The molecule has 2 rings (SSSR count). The number of hydrogen-bond acceptors (Lipinski definition) is 4. The van der Waals surface area contributed by atoms with Crippen LogP contribution >= 0.6 is 0 Å². The second kappa shape index (κ2) is 7.74. The van der Waals surface area contributed by atoms with E-state index in [1.807, 2.05) is 13.2 Å². The van der Waals surface area contributed by atoms with Gasteiger partial charge in [-0.05, 0) is 32.2 Å². The van der Waals surface area contributed by atoms with Crippen molar-refractivity contribution < 1.29 is 0 Å². The second-order valence-corrected chi connectivity index (χ2v) is 6.44. The molecular weight excluding hydrogens is 260 g/mol. The van der Waals surface area contributed by atoms with Crippen molar-refractivity contribution in [2.45, 2.75) is 58.9 Å². The van der Waals surface area contributed by atoms with Crippen LogP contribution in [-0.2, 0) is 6.54 Å². The Kier molecular flexibility index (Phi) is 5.97. The highest BCUT2D eigenvalue weighted by Crippen LogP contribution is 2.26. The molecule has 118 valence electrons. The summed E-state index contributed by atoms with van der Waals surface area (Å²) in [6.45, 7) is 9.70. The van der Waals surface area contributed by atoms with Gasteiger partial charge < -0.3 is 10.2 Å². The van der Waals surface area contributed by atoms with Crippen molar-refractivity contribution in [1.29, 1.82) is 0 Å². The average molecular weight is 290 g/mol. The first kappa shape index (κ1) is 16.2. The van der Waals surface area contributed by atoms with Crippen LogP contribution in [0.3, 0.4) is 0 Å². The van der Waals surface area contributed by atoms with Gasteiger partial charge >= 0.3 is 0 Å². The number of nitrogens with zero attached hydrogens (tertiary/aromatic N) is 3. The van der Waals surface area contributed by atoms with E-state index in [0.717, 1.165) is 37.1 Å². The van der Waals surface area contributed by atoms with Gasteiger partial charge in [-0.3, -0.25) is 0 Å². The lowest BCUT2D eigenvalue weighted by atomic mass is 9.98. The molecule has 0 radical (unpaired) electrons. The van der Waals surface area contributed by atoms with Crippen LogP contribution in [0, 0.1) is 5.92 Å². The number of anilines is 1. The molecule has 0 aliphatic carbocycles. The van der Waals surface area contributed by atoms with Gasteiger partial charge in [0.15, 0.2) is 0 Å². The monoisotopic (exact) mass is 290 g/mol. The van der Waals surface area contributed by atoms with Crippen LogP contribution in [0.5, 0.6) is 0 Å². The van der Waals surface area contributed by atoms with Gasteiger partial charge in [0.25, 0.3) is 0 Å².